The van der Waals surface area contributed by atoms with Crippen LogP contribution >= 0.6 is 11.6 Å². The van der Waals surface area contributed by atoms with Crippen LogP contribution in [0.25, 0.3) is 0 Å². The number of benzene rings is 1. The van der Waals surface area contributed by atoms with Gasteiger partial charge in [0, 0.05) is 11.4 Å². The lowest BCUT2D eigenvalue weighted by atomic mass is 9.85. The Bertz CT molecular complexity index is 441. The molecule has 88 valence electrons. The standard InChI is InChI=1S/C10H6ClF5/c11-6-3-5-1-2-9(13,14)10(15,16)8(5)7(12)4-6/h3-4H,1-2H2. The summed E-state index contributed by atoms with van der Waals surface area (Å²) >= 11 is 5.47. The van der Waals surface area contributed by atoms with E-state index in [9.17, 15) is 22.0 Å². The highest BCUT2D eigenvalue weighted by Gasteiger charge is 2.61. The van der Waals surface area contributed by atoms with Crippen LogP contribution in [0.4, 0.5) is 22.0 Å². The highest BCUT2D eigenvalue weighted by molar-refractivity contribution is 6.30. The average molecular weight is 257 g/mol. The highest BCUT2D eigenvalue weighted by atomic mass is 35.5. The Kier molecular flexibility index (Phi) is 2.42. The Balaban J connectivity index is 2.68. The largest absolute Gasteiger partial charge is 0.338 e. The second kappa shape index (κ2) is 3.32. The summed E-state index contributed by atoms with van der Waals surface area (Å²) in [5.41, 5.74) is -1.38. The van der Waals surface area contributed by atoms with Gasteiger partial charge in [-0.1, -0.05) is 11.6 Å². The maximum Gasteiger partial charge on any atom is 0.338 e. The molecule has 0 N–H and O–H groups in total. The van der Waals surface area contributed by atoms with E-state index in [2.05, 4.69) is 0 Å². The zero-order chi connectivity index (χ0) is 12.1. The monoisotopic (exact) mass is 256 g/mol. The fourth-order valence-electron chi connectivity index (χ4n) is 1.81. The summed E-state index contributed by atoms with van der Waals surface area (Å²) < 4.78 is 65.9. The summed E-state index contributed by atoms with van der Waals surface area (Å²) in [4.78, 5) is 0. The topological polar surface area (TPSA) is 0 Å². The predicted molar refractivity (Wildman–Crippen MR) is 48.6 cm³/mol. The van der Waals surface area contributed by atoms with Gasteiger partial charge in [-0.15, -0.1) is 0 Å². The van der Waals surface area contributed by atoms with E-state index in [1.165, 1.54) is 0 Å². The van der Waals surface area contributed by atoms with Crippen LogP contribution in [0.15, 0.2) is 12.1 Å². The van der Waals surface area contributed by atoms with Crippen molar-refractivity contribution in [2.24, 2.45) is 0 Å². The van der Waals surface area contributed by atoms with Gasteiger partial charge in [0.25, 0.3) is 0 Å². The number of aryl methyl sites for hydroxylation is 1. The number of halogens is 6. The van der Waals surface area contributed by atoms with Crippen LogP contribution in [0.1, 0.15) is 17.5 Å². The molecular weight excluding hydrogens is 251 g/mol. The molecule has 0 unspecified atom stereocenters. The van der Waals surface area contributed by atoms with Crippen LogP contribution in [0.2, 0.25) is 5.02 Å². The molecule has 16 heavy (non-hydrogen) atoms. The zero-order valence-corrected chi connectivity index (χ0v) is 8.59. The van der Waals surface area contributed by atoms with Crippen LogP contribution in [-0.4, -0.2) is 5.92 Å². The van der Waals surface area contributed by atoms with Gasteiger partial charge in [0.05, 0.1) is 5.56 Å². The molecule has 0 radical (unpaired) electrons. The second-order valence-corrected chi connectivity index (χ2v) is 4.14. The van der Waals surface area contributed by atoms with Gasteiger partial charge in [0.15, 0.2) is 0 Å². The Morgan fingerprint density at radius 3 is 2.38 bits per heavy atom. The number of rotatable bonds is 0. The van der Waals surface area contributed by atoms with E-state index in [1.54, 1.807) is 0 Å². The fourth-order valence-corrected chi connectivity index (χ4v) is 2.03. The van der Waals surface area contributed by atoms with E-state index in [0.29, 0.717) is 6.07 Å². The minimum absolute atomic E-state index is 0.0720. The van der Waals surface area contributed by atoms with Gasteiger partial charge in [-0.3, -0.25) is 0 Å². The zero-order valence-electron chi connectivity index (χ0n) is 7.84. The second-order valence-electron chi connectivity index (χ2n) is 3.70. The Hall–Kier alpha value is -0.840. The van der Waals surface area contributed by atoms with Crippen LogP contribution in [0, 0.1) is 5.82 Å². The van der Waals surface area contributed by atoms with Crippen molar-refractivity contribution in [1.82, 2.24) is 0 Å². The molecule has 0 aromatic heterocycles. The molecule has 0 aliphatic heterocycles. The molecule has 2 rings (SSSR count). The quantitative estimate of drug-likeness (QED) is 0.612. The number of hydrogen-bond acceptors (Lipinski definition) is 0. The van der Waals surface area contributed by atoms with Gasteiger partial charge < -0.3 is 0 Å². The Morgan fingerprint density at radius 2 is 1.75 bits per heavy atom. The lowest BCUT2D eigenvalue weighted by Gasteiger charge is -2.33. The maximum atomic E-state index is 13.3. The third-order valence-electron chi connectivity index (χ3n) is 2.62. The highest BCUT2D eigenvalue weighted by Crippen LogP contribution is 2.51. The molecule has 0 saturated heterocycles. The summed E-state index contributed by atoms with van der Waals surface area (Å²) in [5, 5.41) is -0.0720. The minimum atomic E-state index is -4.48. The molecule has 0 fully saturated rings. The van der Waals surface area contributed by atoms with Crippen LogP contribution in [0.3, 0.4) is 0 Å². The molecule has 0 bridgehead atoms. The first-order valence-electron chi connectivity index (χ1n) is 4.50. The molecule has 6 heteroatoms. The van der Waals surface area contributed by atoms with Crippen molar-refractivity contribution in [2.45, 2.75) is 24.7 Å². The molecule has 0 spiro atoms. The van der Waals surface area contributed by atoms with E-state index in [1.807, 2.05) is 0 Å². The van der Waals surface area contributed by atoms with E-state index < -0.39 is 29.6 Å². The van der Waals surface area contributed by atoms with Crippen LogP contribution < -0.4 is 0 Å². The number of hydrogen-bond donors (Lipinski definition) is 0. The van der Waals surface area contributed by atoms with Crippen molar-refractivity contribution >= 4 is 11.6 Å². The van der Waals surface area contributed by atoms with Crippen molar-refractivity contribution in [3.8, 4) is 0 Å². The van der Waals surface area contributed by atoms with Crippen molar-refractivity contribution in [3.63, 3.8) is 0 Å². The normalized spacial score (nSPS) is 21.6. The molecular formula is C10H6ClF5. The van der Waals surface area contributed by atoms with Gasteiger partial charge in [-0.05, 0) is 24.1 Å². The summed E-state index contributed by atoms with van der Waals surface area (Å²) in [5.74, 6) is -10.1. The average Bonchev–Trinajstić information content (AvgIpc) is 2.11. The molecule has 1 aromatic carbocycles. The van der Waals surface area contributed by atoms with Gasteiger partial charge in [0.1, 0.15) is 5.82 Å². The first kappa shape index (κ1) is 11.6. The van der Waals surface area contributed by atoms with Crippen LogP contribution in [-0.2, 0) is 12.3 Å². The van der Waals surface area contributed by atoms with Crippen LogP contribution in [0.5, 0.6) is 0 Å². The molecule has 1 aromatic rings. The van der Waals surface area contributed by atoms with Gasteiger partial charge >= 0.3 is 11.8 Å². The third-order valence-corrected chi connectivity index (χ3v) is 2.84. The number of fused-ring (bicyclic) bond motifs is 1. The lowest BCUT2D eigenvalue weighted by Crippen LogP contribution is -2.43. The minimum Gasteiger partial charge on any atom is -0.206 e. The summed E-state index contributed by atoms with van der Waals surface area (Å²) in [6, 6.07) is 1.72. The van der Waals surface area contributed by atoms with Crippen molar-refractivity contribution in [2.75, 3.05) is 0 Å². The smallest absolute Gasteiger partial charge is 0.206 e. The predicted octanol–water partition coefficient (Wildman–Crippen LogP) is 4.15. The molecule has 1 aliphatic carbocycles. The van der Waals surface area contributed by atoms with Crippen molar-refractivity contribution in [3.05, 3.63) is 34.1 Å². The number of alkyl halides is 4. The molecule has 0 heterocycles. The summed E-state index contributed by atoms with van der Waals surface area (Å²) in [6.45, 7) is 0. The molecule has 0 amide bonds. The third kappa shape index (κ3) is 1.49. The van der Waals surface area contributed by atoms with E-state index in [4.69, 9.17) is 11.6 Å². The van der Waals surface area contributed by atoms with Gasteiger partial charge in [-0.2, -0.15) is 17.6 Å². The summed E-state index contributed by atoms with van der Waals surface area (Å²) in [7, 11) is 0. The first-order valence-corrected chi connectivity index (χ1v) is 4.87. The molecule has 1 aliphatic rings. The van der Waals surface area contributed by atoms with E-state index >= 15 is 0 Å². The SMILES string of the molecule is Fc1cc(Cl)cc2c1C(F)(F)C(F)(F)CC2. The molecule has 0 saturated carbocycles. The maximum absolute atomic E-state index is 13.3. The fraction of sp³-hybridized carbons (Fsp3) is 0.400. The van der Waals surface area contributed by atoms with Crippen molar-refractivity contribution < 1.29 is 22.0 Å². The first-order chi connectivity index (χ1) is 7.25. The molecule has 0 atom stereocenters. The van der Waals surface area contributed by atoms with Crippen molar-refractivity contribution in [1.29, 1.82) is 0 Å². The van der Waals surface area contributed by atoms with E-state index in [-0.39, 0.29) is 17.0 Å². The Morgan fingerprint density at radius 1 is 1.12 bits per heavy atom. The van der Waals surface area contributed by atoms with Gasteiger partial charge in [-0.25, -0.2) is 4.39 Å². The van der Waals surface area contributed by atoms with Gasteiger partial charge in [0.2, 0.25) is 0 Å². The lowest BCUT2D eigenvalue weighted by molar-refractivity contribution is -0.226. The van der Waals surface area contributed by atoms with E-state index in [0.717, 1.165) is 6.07 Å². The molecule has 0 nitrogen and oxygen atoms in total. The summed E-state index contributed by atoms with van der Waals surface area (Å²) in [6.07, 6.45) is -1.32. The Labute approximate surface area is 93.0 Å².